The van der Waals surface area contributed by atoms with Gasteiger partial charge < -0.3 is 14.8 Å². The number of hydrogen-bond donors (Lipinski definition) is 1. The molecule has 0 aromatic heterocycles. The third-order valence-corrected chi connectivity index (χ3v) is 4.11. The molecule has 1 unspecified atom stereocenters. The minimum Gasteiger partial charge on any atom is -0.494 e. The summed E-state index contributed by atoms with van der Waals surface area (Å²) in [6, 6.07) is 10.0. The number of nitrogens with one attached hydrogen (secondary N) is 1. The van der Waals surface area contributed by atoms with Gasteiger partial charge >= 0.3 is 0 Å². The van der Waals surface area contributed by atoms with Crippen LogP contribution in [0, 0.1) is 5.82 Å². The van der Waals surface area contributed by atoms with Crippen LogP contribution in [0.3, 0.4) is 0 Å². The summed E-state index contributed by atoms with van der Waals surface area (Å²) in [5.74, 6) is 1.12. The van der Waals surface area contributed by atoms with Crippen LogP contribution in [-0.4, -0.2) is 18.6 Å². The Bertz CT molecular complexity index is 776. The lowest BCUT2D eigenvalue weighted by molar-refractivity contribution is -0.120. The predicted molar refractivity (Wildman–Crippen MR) is 93.4 cm³/mol. The van der Waals surface area contributed by atoms with Crippen molar-refractivity contribution in [2.45, 2.75) is 39.3 Å². The first-order valence-electron chi connectivity index (χ1n) is 8.51. The molecule has 0 radical (unpaired) electrons. The lowest BCUT2D eigenvalue weighted by atomic mass is 10.1. The van der Waals surface area contributed by atoms with Crippen molar-refractivity contribution in [1.82, 2.24) is 5.32 Å². The average Bonchev–Trinajstić information content (AvgIpc) is 2.92. The van der Waals surface area contributed by atoms with E-state index in [4.69, 9.17) is 9.47 Å². The van der Waals surface area contributed by atoms with E-state index in [0.717, 1.165) is 29.0 Å². The molecule has 1 amide bonds. The summed E-state index contributed by atoms with van der Waals surface area (Å²) in [5.41, 5.74) is 2.65. The molecule has 0 saturated carbocycles. The minimum absolute atomic E-state index is 0.139. The molecule has 1 heterocycles. The second kappa shape index (κ2) is 7.55. The molecular weight excluding hydrogens is 321 g/mol. The molecule has 0 saturated heterocycles. The molecule has 3 rings (SSSR count). The van der Waals surface area contributed by atoms with Crippen LogP contribution in [0.25, 0.3) is 0 Å². The zero-order chi connectivity index (χ0) is 17.8. The summed E-state index contributed by atoms with van der Waals surface area (Å²) in [6.07, 6.45) is 1.16. The Balaban J connectivity index is 1.67. The third-order valence-electron chi connectivity index (χ3n) is 4.11. The average molecular weight is 343 g/mol. The van der Waals surface area contributed by atoms with E-state index in [1.165, 1.54) is 12.1 Å². The number of hydrogen-bond acceptors (Lipinski definition) is 3. The first kappa shape index (κ1) is 17.3. The van der Waals surface area contributed by atoms with Crippen LogP contribution in [0.4, 0.5) is 4.39 Å². The summed E-state index contributed by atoms with van der Waals surface area (Å²) in [6.45, 7) is 4.85. The van der Waals surface area contributed by atoms with Crippen LogP contribution in [0.5, 0.6) is 11.5 Å². The minimum atomic E-state index is -0.339. The second-order valence-electron chi connectivity index (χ2n) is 6.22. The molecule has 0 fully saturated rings. The molecule has 0 spiro atoms. The summed E-state index contributed by atoms with van der Waals surface area (Å²) < 4.78 is 24.7. The second-order valence-corrected chi connectivity index (χ2v) is 6.22. The number of carbonyl (C=O) groups is 1. The van der Waals surface area contributed by atoms with E-state index in [1.54, 1.807) is 12.1 Å². The number of benzene rings is 2. The summed E-state index contributed by atoms with van der Waals surface area (Å²) in [7, 11) is 0. The van der Waals surface area contributed by atoms with E-state index in [-0.39, 0.29) is 24.2 Å². The molecule has 1 aliphatic rings. The van der Waals surface area contributed by atoms with Crippen LogP contribution >= 0.6 is 0 Å². The Morgan fingerprint density at radius 3 is 2.96 bits per heavy atom. The highest BCUT2D eigenvalue weighted by Gasteiger charge is 2.22. The quantitative estimate of drug-likeness (QED) is 0.874. The van der Waals surface area contributed by atoms with E-state index in [1.807, 2.05) is 26.0 Å². The van der Waals surface area contributed by atoms with Gasteiger partial charge in [0.2, 0.25) is 5.91 Å². The van der Waals surface area contributed by atoms with Gasteiger partial charge in [0.25, 0.3) is 0 Å². The smallest absolute Gasteiger partial charge is 0.224 e. The standard InChI is InChI=1S/C20H22FNO3/c1-3-24-18-10-15-7-13(2)25-19(15)11-16(18)12-22-20(23)9-14-5-4-6-17(21)8-14/h4-6,8,10-11,13H,3,7,9,12H2,1-2H3,(H,22,23). The fourth-order valence-electron chi connectivity index (χ4n) is 3.00. The van der Waals surface area contributed by atoms with Gasteiger partial charge in [0, 0.05) is 24.1 Å². The summed E-state index contributed by atoms with van der Waals surface area (Å²) in [4.78, 5) is 12.1. The Kier molecular flexibility index (Phi) is 5.22. The molecule has 1 aliphatic heterocycles. The molecule has 132 valence electrons. The van der Waals surface area contributed by atoms with Gasteiger partial charge in [-0.15, -0.1) is 0 Å². The van der Waals surface area contributed by atoms with E-state index < -0.39 is 0 Å². The van der Waals surface area contributed by atoms with Crippen molar-refractivity contribution < 1.29 is 18.7 Å². The van der Waals surface area contributed by atoms with Gasteiger partial charge in [0.1, 0.15) is 23.4 Å². The molecule has 5 heteroatoms. The van der Waals surface area contributed by atoms with Crippen LogP contribution in [-0.2, 0) is 24.2 Å². The van der Waals surface area contributed by atoms with E-state index in [9.17, 15) is 9.18 Å². The highest BCUT2D eigenvalue weighted by atomic mass is 19.1. The van der Waals surface area contributed by atoms with Crippen molar-refractivity contribution in [2.24, 2.45) is 0 Å². The SMILES string of the molecule is CCOc1cc2c(cc1CNC(=O)Cc1cccc(F)c1)OC(C)C2. The highest BCUT2D eigenvalue weighted by molar-refractivity contribution is 5.78. The monoisotopic (exact) mass is 343 g/mol. The Hall–Kier alpha value is -2.56. The third kappa shape index (κ3) is 4.29. The summed E-state index contributed by atoms with van der Waals surface area (Å²) >= 11 is 0. The number of rotatable bonds is 6. The summed E-state index contributed by atoms with van der Waals surface area (Å²) in [5, 5.41) is 2.87. The van der Waals surface area contributed by atoms with Gasteiger partial charge in [-0.3, -0.25) is 4.79 Å². The van der Waals surface area contributed by atoms with E-state index in [0.29, 0.717) is 18.7 Å². The Morgan fingerprint density at radius 1 is 1.36 bits per heavy atom. The highest BCUT2D eigenvalue weighted by Crippen LogP contribution is 2.35. The first-order valence-corrected chi connectivity index (χ1v) is 8.51. The van der Waals surface area contributed by atoms with Crippen molar-refractivity contribution in [3.63, 3.8) is 0 Å². The number of ether oxygens (including phenoxy) is 2. The van der Waals surface area contributed by atoms with Crippen molar-refractivity contribution in [1.29, 1.82) is 0 Å². The topological polar surface area (TPSA) is 47.6 Å². The maximum absolute atomic E-state index is 13.2. The number of halogens is 1. The van der Waals surface area contributed by atoms with Crippen LogP contribution in [0.1, 0.15) is 30.5 Å². The van der Waals surface area contributed by atoms with Gasteiger partial charge in [-0.25, -0.2) is 4.39 Å². The van der Waals surface area contributed by atoms with Gasteiger partial charge in [-0.1, -0.05) is 12.1 Å². The van der Waals surface area contributed by atoms with Crippen molar-refractivity contribution in [2.75, 3.05) is 6.61 Å². The molecule has 2 aromatic rings. The van der Waals surface area contributed by atoms with Crippen LogP contribution in [0.15, 0.2) is 36.4 Å². The molecule has 0 bridgehead atoms. The Labute approximate surface area is 147 Å². The Morgan fingerprint density at radius 2 is 2.20 bits per heavy atom. The lowest BCUT2D eigenvalue weighted by Gasteiger charge is -2.13. The molecular formula is C20H22FNO3. The number of amides is 1. The maximum atomic E-state index is 13.2. The fourth-order valence-corrected chi connectivity index (χ4v) is 3.00. The number of carbonyl (C=O) groups excluding carboxylic acids is 1. The number of fused-ring (bicyclic) bond motifs is 1. The van der Waals surface area contributed by atoms with Crippen LogP contribution in [0.2, 0.25) is 0 Å². The van der Waals surface area contributed by atoms with Crippen molar-refractivity contribution >= 4 is 5.91 Å². The lowest BCUT2D eigenvalue weighted by Crippen LogP contribution is -2.25. The zero-order valence-corrected chi connectivity index (χ0v) is 14.5. The first-order chi connectivity index (χ1) is 12.0. The van der Waals surface area contributed by atoms with Crippen molar-refractivity contribution in [3.05, 3.63) is 58.9 Å². The van der Waals surface area contributed by atoms with Gasteiger partial charge in [-0.05, 0) is 43.7 Å². The molecule has 0 aliphatic carbocycles. The maximum Gasteiger partial charge on any atom is 0.224 e. The zero-order valence-electron chi connectivity index (χ0n) is 14.5. The predicted octanol–water partition coefficient (Wildman–Crippen LogP) is 3.41. The molecule has 25 heavy (non-hydrogen) atoms. The van der Waals surface area contributed by atoms with Crippen molar-refractivity contribution in [3.8, 4) is 11.5 Å². The van der Waals surface area contributed by atoms with Gasteiger partial charge in [-0.2, -0.15) is 0 Å². The molecule has 2 aromatic carbocycles. The van der Waals surface area contributed by atoms with Gasteiger partial charge in [0.15, 0.2) is 0 Å². The normalized spacial score (nSPS) is 15.4. The fraction of sp³-hybridized carbons (Fsp3) is 0.350. The van der Waals surface area contributed by atoms with Crippen LogP contribution < -0.4 is 14.8 Å². The van der Waals surface area contributed by atoms with E-state index >= 15 is 0 Å². The molecule has 1 N–H and O–H groups in total. The molecule has 4 nitrogen and oxygen atoms in total. The largest absolute Gasteiger partial charge is 0.494 e. The van der Waals surface area contributed by atoms with E-state index in [2.05, 4.69) is 5.32 Å². The van der Waals surface area contributed by atoms with Gasteiger partial charge in [0.05, 0.1) is 13.0 Å². The molecule has 1 atom stereocenters.